The lowest BCUT2D eigenvalue weighted by atomic mass is 10.0. The van der Waals surface area contributed by atoms with Crippen LogP contribution < -0.4 is 42.5 Å². The molecule has 3 unspecified atom stereocenters. The number of amides is 6. The van der Waals surface area contributed by atoms with Gasteiger partial charge in [0, 0.05) is 74.5 Å². The Hall–Kier alpha value is -5.02. The van der Waals surface area contributed by atoms with E-state index >= 15 is 0 Å². The maximum atomic E-state index is 13.5. The van der Waals surface area contributed by atoms with Gasteiger partial charge < -0.3 is 42.5 Å². The molecule has 0 spiro atoms. The molecule has 5 rings (SSSR count). The average Bonchev–Trinajstić information content (AvgIpc) is 3.78. The summed E-state index contributed by atoms with van der Waals surface area (Å²) in [6.07, 6.45) is 5.59. The molecule has 0 radical (unpaired) electrons. The Bertz CT molecular complexity index is 1930. The fourth-order valence-corrected chi connectivity index (χ4v) is 8.60. The maximum Gasteiger partial charge on any atom is 0.315 e. The number of nitrogens with one attached hydrogen (secondary N) is 6. The lowest BCUT2D eigenvalue weighted by molar-refractivity contribution is -0.123. The van der Waals surface area contributed by atoms with Crippen LogP contribution in [0.5, 0.6) is 0 Å². The van der Waals surface area contributed by atoms with Crippen LogP contribution in [0.4, 0.5) is 16.2 Å². The molecule has 14 nitrogen and oxygen atoms in total. The number of rotatable bonds is 22. The van der Waals surface area contributed by atoms with Crippen LogP contribution in [0.1, 0.15) is 73.7 Å². The number of amidine groups is 1. The first-order valence-electron chi connectivity index (χ1n) is 20.0. The first-order chi connectivity index (χ1) is 28.0. The van der Waals surface area contributed by atoms with Crippen molar-refractivity contribution in [3.63, 3.8) is 0 Å². The Kier molecular flexibility index (Phi) is 16.9. The Morgan fingerprint density at radius 2 is 1.67 bits per heavy atom. The molecule has 2 saturated heterocycles. The number of hydrogen-bond donors (Lipinski definition) is 7. The zero-order valence-electron chi connectivity index (χ0n) is 33.3. The summed E-state index contributed by atoms with van der Waals surface area (Å²) >= 11 is 7.60. The molecule has 2 aliphatic rings. The Labute approximate surface area is 349 Å². The van der Waals surface area contributed by atoms with Crippen molar-refractivity contribution >= 4 is 81.0 Å². The number of anilines is 2. The van der Waals surface area contributed by atoms with Gasteiger partial charge in [-0.05, 0) is 91.3 Å². The van der Waals surface area contributed by atoms with Gasteiger partial charge in [-0.15, -0.1) is 11.6 Å². The first kappa shape index (κ1) is 44.1. The monoisotopic (exact) mass is 833 g/mol. The van der Waals surface area contributed by atoms with E-state index in [9.17, 15) is 24.0 Å². The minimum absolute atomic E-state index is 0.0214. The van der Waals surface area contributed by atoms with Crippen molar-refractivity contribution in [3.05, 3.63) is 71.8 Å². The molecular weight excluding hydrogens is 778 g/mol. The highest BCUT2D eigenvalue weighted by Crippen LogP contribution is 2.33. The summed E-state index contributed by atoms with van der Waals surface area (Å²) in [7, 11) is 3.95. The van der Waals surface area contributed by atoms with E-state index in [1.54, 1.807) is 18.2 Å². The van der Waals surface area contributed by atoms with Gasteiger partial charge in [0.15, 0.2) is 0 Å². The fourth-order valence-electron chi connectivity index (χ4n) is 6.97. The molecule has 0 saturated carbocycles. The highest BCUT2D eigenvalue weighted by Gasteiger charge is 2.42. The second-order valence-corrected chi connectivity index (χ2v) is 16.5. The van der Waals surface area contributed by atoms with E-state index in [1.165, 1.54) is 0 Å². The summed E-state index contributed by atoms with van der Waals surface area (Å²) < 4.78 is 0. The number of thioether (sulfide) groups is 1. The normalized spacial score (nSPS) is 17.8. The SMILES string of the molecule is CN(C)c1ccc2cc(C(=O)N[C@@H](CCCCN=C(N)CCl)C(=O)NCc3ccc(NC(=O)CCCNC(=O)CCCCC4SCC5NC(=O)NC54)cc3)ccc2c1. The summed E-state index contributed by atoms with van der Waals surface area (Å²) in [5, 5.41) is 19.9. The van der Waals surface area contributed by atoms with Crippen molar-refractivity contribution < 1.29 is 24.0 Å². The molecule has 0 aliphatic carbocycles. The van der Waals surface area contributed by atoms with Crippen LogP contribution >= 0.6 is 23.4 Å². The van der Waals surface area contributed by atoms with Gasteiger partial charge in [0.05, 0.1) is 18.0 Å². The van der Waals surface area contributed by atoms with E-state index in [-0.39, 0.29) is 60.6 Å². The third-order valence-electron chi connectivity index (χ3n) is 10.3. The predicted octanol–water partition coefficient (Wildman–Crippen LogP) is 4.65. The standard InChI is InChI=1S/C42H56ClN9O5S/c1-52(2)32-19-16-28-22-30(15-14-29(28)23-32)40(55)49-33(8-5-6-20-45-36(44)24-43)41(56)47-25-27-12-17-31(18-13-27)48-38(54)11-7-21-46-37(53)10-4-3-9-35-39-34(26-58-35)50-42(57)51-39/h12-19,22-23,33-35,39H,3-11,20-21,24-26H2,1-2H3,(H2,44,45)(H,46,53)(H,47,56)(H,48,54)(H,49,55)(H2,50,51,57)/t33-,34?,35?,39?/m0/s1. The van der Waals surface area contributed by atoms with Gasteiger partial charge >= 0.3 is 6.03 Å². The lowest BCUT2D eigenvalue weighted by Gasteiger charge is -2.19. The predicted molar refractivity (Wildman–Crippen MR) is 234 cm³/mol. The molecule has 8 N–H and O–H groups in total. The molecule has 3 aromatic rings. The molecule has 3 aromatic carbocycles. The number of alkyl halides is 1. The highest BCUT2D eigenvalue weighted by atomic mass is 35.5. The molecule has 58 heavy (non-hydrogen) atoms. The summed E-state index contributed by atoms with van der Waals surface area (Å²) in [6.45, 7) is 1.13. The van der Waals surface area contributed by atoms with Gasteiger partial charge in [-0.3, -0.25) is 24.2 Å². The van der Waals surface area contributed by atoms with E-state index in [2.05, 4.69) is 43.0 Å². The molecular formula is C42H56ClN9O5S. The molecule has 4 atom stereocenters. The molecule has 6 amide bonds. The number of unbranched alkanes of at least 4 members (excludes halogenated alkanes) is 2. The Morgan fingerprint density at radius 3 is 2.45 bits per heavy atom. The Morgan fingerprint density at radius 1 is 0.914 bits per heavy atom. The molecule has 2 aliphatic heterocycles. The van der Waals surface area contributed by atoms with E-state index in [4.69, 9.17) is 17.3 Å². The second-order valence-electron chi connectivity index (χ2n) is 15.0. The van der Waals surface area contributed by atoms with Crippen LogP contribution in [-0.2, 0) is 20.9 Å². The van der Waals surface area contributed by atoms with Crippen LogP contribution in [0, 0.1) is 0 Å². The van der Waals surface area contributed by atoms with Crippen LogP contribution in [0.15, 0.2) is 65.7 Å². The number of nitrogens with zero attached hydrogens (tertiary/aromatic N) is 2. The minimum Gasteiger partial charge on any atom is -0.386 e. The van der Waals surface area contributed by atoms with Crippen molar-refractivity contribution in [1.82, 2.24) is 26.6 Å². The van der Waals surface area contributed by atoms with Gasteiger partial charge in [-0.1, -0.05) is 30.7 Å². The highest BCUT2D eigenvalue weighted by molar-refractivity contribution is 8.00. The zero-order chi connectivity index (χ0) is 41.4. The van der Waals surface area contributed by atoms with Crippen molar-refractivity contribution in [1.29, 1.82) is 0 Å². The molecule has 312 valence electrons. The van der Waals surface area contributed by atoms with Crippen molar-refractivity contribution in [3.8, 4) is 0 Å². The number of nitrogens with two attached hydrogens (primary N) is 1. The van der Waals surface area contributed by atoms with E-state index in [0.29, 0.717) is 67.5 Å². The number of carbonyl (C=O) groups excluding carboxylic acids is 5. The number of fused-ring (bicyclic) bond motifs is 2. The third-order valence-corrected chi connectivity index (χ3v) is 12.0. The van der Waals surface area contributed by atoms with E-state index < -0.39 is 6.04 Å². The van der Waals surface area contributed by atoms with Crippen molar-refractivity contribution in [2.75, 3.05) is 49.0 Å². The third kappa shape index (κ3) is 13.5. The second kappa shape index (κ2) is 22.2. The van der Waals surface area contributed by atoms with E-state index in [1.807, 2.05) is 67.2 Å². The number of hydrogen-bond acceptors (Lipinski definition) is 8. The smallest absolute Gasteiger partial charge is 0.315 e. The van der Waals surface area contributed by atoms with Crippen molar-refractivity contribution in [2.45, 2.75) is 87.7 Å². The average molecular weight is 834 g/mol. The minimum atomic E-state index is -0.776. The molecule has 0 bridgehead atoms. The first-order valence-corrected chi connectivity index (χ1v) is 21.6. The number of benzene rings is 3. The lowest BCUT2D eigenvalue weighted by Crippen LogP contribution is -2.46. The van der Waals surface area contributed by atoms with Crippen LogP contribution in [0.3, 0.4) is 0 Å². The van der Waals surface area contributed by atoms with Gasteiger partial charge in [-0.25, -0.2) is 4.79 Å². The van der Waals surface area contributed by atoms with Crippen LogP contribution in [-0.4, -0.2) is 97.7 Å². The molecule has 16 heteroatoms. The topological polar surface area (TPSA) is 199 Å². The molecule has 0 aromatic heterocycles. The van der Waals surface area contributed by atoms with E-state index in [0.717, 1.165) is 47.0 Å². The zero-order valence-corrected chi connectivity index (χ0v) is 34.9. The number of halogens is 1. The van der Waals surface area contributed by atoms with Gasteiger partial charge in [0.1, 0.15) is 11.9 Å². The summed E-state index contributed by atoms with van der Waals surface area (Å²) in [4.78, 5) is 69.5. The fraction of sp³-hybridized carbons (Fsp3) is 0.476. The quantitative estimate of drug-likeness (QED) is 0.0250. The van der Waals surface area contributed by atoms with Crippen LogP contribution in [0.2, 0.25) is 0 Å². The molecule has 2 heterocycles. The number of carbonyl (C=O) groups is 5. The maximum absolute atomic E-state index is 13.5. The summed E-state index contributed by atoms with van der Waals surface area (Å²) in [5.74, 6) is 0.619. The van der Waals surface area contributed by atoms with Gasteiger partial charge in [0.2, 0.25) is 17.7 Å². The van der Waals surface area contributed by atoms with Gasteiger partial charge in [0.25, 0.3) is 5.91 Å². The Balaban J connectivity index is 1.02. The van der Waals surface area contributed by atoms with Crippen LogP contribution in [0.25, 0.3) is 10.8 Å². The number of aliphatic imine (C=N–C) groups is 1. The van der Waals surface area contributed by atoms with Crippen molar-refractivity contribution in [2.24, 2.45) is 10.7 Å². The molecule has 2 fully saturated rings. The summed E-state index contributed by atoms with van der Waals surface area (Å²) in [6, 6.07) is 18.3. The summed E-state index contributed by atoms with van der Waals surface area (Å²) in [5.41, 5.74) is 8.68. The number of urea groups is 1. The largest absolute Gasteiger partial charge is 0.386 e. The van der Waals surface area contributed by atoms with Gasteiger partial charge in [-0.2, -0.15) is 11.8 Å².